The Labute approximate surface area is 62.6 Å². The van der Waals surface area contributed by atoms with E-state index in [0.29, 0.717) is 12.8 Å². The summed E-state index contributed by atoms with van der Waals surface area (Å²) in [7, 11) is 0. The van der Waals surface area contributed by atoms with E-state index in [4.69, 9.17) is 10.2 Å². The molecule has 0 unspecified atom stereocenters. The third-order valence-electron chi connectivity index (χ3n) is 1.54. The molecule has 0 spiro atoms. The van der Waals surface area contributed by atoms with Gasteiger partial charge in [-0.1, -0.05) is 0 Å². The second-order valence-corrected chi connectivity index (χ2v) is 2.21. The molecule has 1 aliphatic rings. The highest BCUT2D eigenvalue weighted by Gasteiger charge is 2.35. The molecule has 1 aliphatic heterocycles. The first-order chi connectivity index (χ1) is 5.20. The van der Waals surface area contributed by atoms with Gasteiger partial charge >= 0.3 is 0 Å². The largest absolute Gasteiger partial charge is 0.369 e. The summed E-state index contributed by atoms with van der Waals surface area (Å²) in [5.41, 5.74) is 0. The molecular formula is C5H8N2O4. The zero-order valence-corrected chi connectivity index (χ0v) is 5.62. The van der Waals surface area contributed by atoms with Crippen LogP contribution in [0.25, 0.3) is 0 Å². The van der Waals surface area contributed by atoms with Crippen molar-refractivity contribution in [3.8, 4) is 0 Å². The predicted molar refractivity (Wildman–Crippen MR) is 32.7 cm³/mol. The first-order valence-corrected chi connectivity index (χ1v) is 2.99. The van der Waals surface area contributed by atoms with Gasteiger partial charge in [-0.05, 0) is 0 Å². The van der Waals surface area contributed by atoms with Gasteiger partial charge in [-0.3, -0.25) is 19.4 Å². The zero-order chi connectivity index (χ0) is 8.43. The van der Waals surface area contributed by atoms with E-state index in [-0.39, 0.29) is 6.67 Å². The fraction of sp³-hybridized carbons (Fsp3) is 0.600. The number of amides is 2. The molecule has 2 N–H and O–H groups in total. The van der Waals surface area contributed by atoms with Gasteiger partial charge in [0, 0.05) is 0 Å². The van der Waals surface area contributed by atoms with Gasteiger partial charge in [0.25, 0.3) is 0 Å². The van der Waals surface area contributed by atoms with Gasteiger partial charge in [0.1, 0.15) is 6.67 Å². The Morgan fingerprint density at radius 2 is 1.45 bits per heavy atom. The van der Waals surface area contributed by atoms with Gasteiger partial charge in [0.2, 0.25) is 12.8 Å². The van der Waals surface area contributed by atoms with Crippen LogP contribution in [0, 0.1) is 0 Å². The van der Waals surface area contributed by atoms with Crippen molar-refractivity contribution < 1.29 is 19.8 Å². The minimum absolute atomic E-state index is 0.0741. The van der Waals surface area contributed by atoms with Gasteiger partial charge in [-0.2, -0.15) is 0 Å². The minimum Gasteiger partial charge on any atom is -0.369 e. The number of hydrogen-bond donors (Lipinski definition) is 2. The summed E-state index contributed by atoms with van der Waals surface area (Å²) in [5, 5.41) is 18.0. The van der Waals surface area contributed by atoms with Crippen molar-refractivity contribution in [3.63, 3.8) is 0 Å². The zero-order valence-electron chi connectivity index (χ0n) is 5.62. The summed E-state index contributed by atoms with van der Waals surface area (Å²) < 4.78 is 0. The third-order valence-corrected chi connectivity index (χ3v) is 1.54. The average Bonchev–Trinajstić information content (AvgIpc) is 2.30. The van der Waals surface area contributed by atoms with Crippen LogP contribution in [0.1, 0.15) is 0 Å². The molecule has 1 fully saturated rings. The molecule has 2 atom stereocenters. The predicted octanol–water partition coefficient (Wildman–Crippen LogP) is -2.49. The number of hydrogen-bond acceptors (Lipinski definition) is 4. The molecule has 0 bridgehead atoms. The molecule has 1 rings (SSSR count). The lowest BCUT2D eigenvalue weighted by Crippen LogP contribution is -2.36. The molecule has 0 radical (unpaired) electrons. The highest BCUT2D eigenvalue weighted by atomic mass is 16.4. The van der Waals surface area contributed by atoms with Crippen molar-refractivity contribution in [2.24, 2.45) is 0 Å². The second-order valence-electron chi connectivity index (χ2n) is 2.21. The topological polar surface area (TPSA) is 81.1 Å². The molecular weight excluding hydrogens is 152 g/mol. The molecule has 0 saturated carbocycles. The molecule has 0 aromatic carbocycles. The quantitative estimate of drug-likeness (QED) is 0.438. The number of carbonyl (C=O) groups is 2. The lowest BCUT2D eigenvalue weighted by atomic mass is 10.5. The van der Waals surface area contributed by atoms with Crippen LogP contribution in [0.2, 0.25) is 0 Å². The van der Waals surface area contributed by atoms with Crippen LogP contribution in [-0.2, 0) is 9.59 Å². The van der Waals surface area contributed by atoms with Gasteiger partial charge in [-0.15, -0.1) is 0 Å². The fourth-order valence-electron chi connectivity index (χ4n) is 0.890. The highest BCUT2D eigenvalue weighted by molar-refractivity contribution is 5.53. The van der Waals surface area contributed by atoms with E-state index >= 15 is 0 Å². The number of nitrogens with zero attached hydrogens (tertiary/aromatic N) is 2. The Morgan fingerprint density at radius 1 is 1.09 bits per heavy atom. The fourth-order valence-corrected chi connectivity index (χ4v) is 0.890. The molecule has 6 heteroatoms. The number of carbonyl (C=O) groups excluding carboxylic acids is 2. The van der Waals surface area contributed by atoms with Gasteiger partial charge in [-0.25, -0.2) is 0 Å². The van der Waals surface area contributed by atoms with E-state index in [0.717, 1.165) is 9.80 Å². The van der Waals surface area contributed by atoms with Crippen LogP contribution in [0.15, 0.2) is 0 Å². The van der Waals surface area contributed by atoms with E-state index in [9.17, 15) is 9.59 Å². The molecule has 2 amide bonds. The van der Waals surface area contributed by atoms with Crippen LogP contribution < -0.4 is 0 Å². The summed E-state index contributed by atoms with van der Waals surface area (Å²) in [6, 6.07) is 0. The number of aliphatic hydroxyl groups is 2. The monoisotopic (exact) mass is 160 g/mol. The number of aliphatic hydroxyl groups excluding tert-OH is 2. The molecule has 0 aliphatic carbocycles. The van der Waals surface area contributed by atoms with E-state index < -0.39 is 12.5 Å². The van der Waals surface area contributed by atoms with E-state index in [1.807, 2.05) is 0 Å². The van der Waals surface area contributed by atoms with Gasteiger partial charge in [0.05, 0.1) is 0 Å². The molecule has 0 aromatic rings. The minimum atomic E-state index is -1.31. The van der Waals surface area contributed by atoms with E-state index in [2.05, 4.69) is 0 Å². The lowest BCUT2D eigenvalue weighted by molar-refractivity contribution is -0.132. The van der Waals surface area contributed by atoms with Crippen molar-refractivity contribution in [1.29, 1.82) is 0 Å². The maximum atomic E-state index is 10.1. The summed E-state index contributed by atoms with van der Waals surface area (Å²) in [5.74, 6) is 0. The Kier molecular flexibility index (Phi) is 2.06. The molecule has 62 valence electrons. The first kappa shape index (κ1) is 7.96. The van der Waals surface area contributed by atoms with Crippen LogP contribution in [-0.4, -0.2) is 52.0 Å². The third kappa shape index (κ3) is 1.17. The molecule has 1 saturated heterocycles. The number of rotatable bonds is 2. The van der Waals surface area contributed by atoms with Gasteiger partial charge < -0.3 is 10.2 Å². The van der Waals surface area contributed by atoms with Crippen LogP contribution in [0.4, 0.5) is 0 Å². The second kappa shape index (κ2) is 2.85. The standard InChI is InChI=1S/C5H8N2O4/c8-2-6-1-7(3-9)5(11)4(6)10/h2-5,10-11H,1H2/t4-,5+. The maximum Gasteiger partial charge on any atom is 0.213 e. The lowest BCUT2D eigenvalue weighted by Gasteiger charge is -2.13. The molecule has 1 heterocycles. The SMILES string of the molecule is O=CN1CN(C=O)[C@@H](O)[C@H]1O. The summed E-state index contributed by atoms with van der Waals surface area (Å²) in [6.45, 7) is -0.0741. The average molecular weight is 160 g/mol. The van der Waals surface area contributed by atoms with Crippen molar-refractivity contribution in [3.05, 3.63) is 0 Å². The van der Waals surface area contributed by atoms with E-state index in [1.165, 1.54) is 0 Å². The van der Waals surface area contributed by atoms with Crippen molar-refractivity contribution in [2.45, 2.75) is 12.5 Å². The van der Waals surface area contributed by atoms with Crippen molar-refractivity contribution in [2.75, 3.05) is 6.67 Å². The Bertz CT molecular complexity index is 156. The molecule has 11 heavy (non-hydrogen) atoms. The molecule has 0 aromatic heterocycles. The van der Waals surface area contributed by atoms with Crippen molar-refractivity contribution >= 4 is 12.8 Å². The molecule has 6 nitrogen and oxygen atoms in total. The summed E-state index contributed by atoms with van der Waals surface area (Å²) >= 11 is 0. The first-order valence-electron chi connectivity index (χ1n) is 2.99. The van der Waals surface area contributed by atoms with E-state index in [1.54, 1.807) is 0 Å². The Balaban J connectivity index is 2.67. The van der Waals surface area contributed by atoms with Crippen molar-refractivity contribution in [1.82, 2.24) is 9.80 Å². The van der Waals surface area contributed by atoms with Crippen LogP contribution >= 0.6 is 0 Å². The normalized spacial score (nSPS) is 30.7. The van der Waals surface area contributed by atoms with Gasteiger partial charge in [0.15, 0.2) is 12.5 Å². The highest BCUT2D eigenvalue weighted by Crippen LogP contribution is 2.12. The Hall–Kier alpha value is -1.14. The summed E-state index contributed by atoms with van der Waals surface area (Å²) in [6.07, 6.45) is -1.87. The van der Waals surface area contributed by atoms with Crippen LogP contribution in [0.3, 0.4) is 0 Å². The smallest absolute Gasteiger partial charge is 0.213 e. The van der Waals surface area contributed by atoms with Crippen LogP contribution in [0.5, 0.6) is 0 Å². The summed E-state index contributed by atoms with van der Waals surface area (Å²) in [4.78, 5) is 22.1. The Morgan fingerprint density at radius 3 is 1.64 bits per heavy atom. The maximum absolute atomic E-state index is 10.1.